The molecular formula is C21H23N3O6. The van der Waals surface area contributed by atoms with Crippen molar-refractivity contribution in [1.82, 2.24) is 10.9 Å². The molecule has 2 rings (SSSR count). The van der Waals surface area contributed by atoms with E-state index in [-0.39, 0.29) is 18.9 Å². The van der Waals surface area contributed by atoms with Crippen LogP contribution in [0.15, 0.2) is 36.4 Å². The summed E-state index contributed by atoms with van der Waals surface area (Å²) in [6.45, 7) is 0.263. The predicted molar refractivity (Wildman–Crippen MR) is 108 cm³/mol. The molecule has 0 spiro atoms. The number of ether oxygens (including phenoxy) is 4. The highest BCUT2D eigenvalue weighted by atomic mass is 16.5. The number of nitrogens with one attached hydrogen (secondary N) is 2. The summed E-state index contributed by atoms with van der Waals surface area (Å²) in [5.41, 5.74) is 5.48. The molecule has 158 valence electrons. The Morgan fingerprint density at radius 3 is 2.23 bits per heavy atom. The average Bonchev–Trinajstić information content (AvgIpc) is 2.79. The molecule has 2 N–H and O–H groups in total. The maximum Gasteiger partial charge on any atom is 0.269 e. The van der Waals surface area contributed by atoms with E-state index >= 15 is 0 Å². The Bertz CT molecular complexity index is 939. The molecule has 0 aliphatic heterocycles. The van der Waals surface area contributed by atoms with Crippen LogP contribution in [-0.2, 0) is 4.79 Å². The topological polar surface area (TPSA) is 119 Å². The van der Waals surface area contributed by atoms with Gasteiger partial charge in [0.05, 0.1) is 39.6 Å². The summed E-state index contributed by atoms with van der Waals surface area (Å²) in [5, 5.41) is 8.90. The highest BCUT2D eigenvalue weighted by Gasteiger charge is 2.12. The third kappa shape index (κ3) is 6.04. The van der Waals surface area contributed by atoms with Crippen LogP contribution < -0.4 is 29.8 Å². The molecule has 0 heterocycles. The zero-order chi connectivity index (χ0) is 21.9. The van der Waals surface area contributed by atoms with Crippen LogP contribution in [0.2, 0.25) is 0 Å². The summed E-state index contributed by atoms with van der Waals surface area (Å²) in [6.07, 6.45) is 0.562. The first-order chi connectivity index (χ1) is 14.5. The molecule has 0 saturated carbocycles. The molecule has 9 heteroatoms. The van der Waals surface area contributed by atoms with Crippen LogP contribution in [0.5, 0.6) is 23.0 Å². The molecule has 0 saturated heterocycles. The quantitative estimate of drug-likeness (QED) is 0.478. The lowest BCUT2D eigenvalue weighted by Gasteiger charge is -2.12. The van der Waals surface area contributed by atoms with Crippen molar-refractivity contribution in [1.29, 1.82) is 5.26 Å². The number of hydrogen-bond acceptors (Lipinski definition) is 7. The highest BCUT2D eigenvalue weighted by Crippen LogP contribution is 2.28. The van der Waals surface area contributed by atoms with Gasteiger partial charge >= 0.3 is 0 Å². The van der Waals surface area contributed by atoms with Gasteiger partial charge in [0.25, 0.3) is 5.91 Å². The molecule has 0 aromatic heterocycles. The van der Waals surface area contributed by atoms with Gasteiger partial charge in [-0.25, -0.2) is 0 Å². The number of hydrazine groups is 1. The van der Waals surface area contributed by atoms with Gasteiger partial charge in [0.15, 0.2) is 23.0 Å². The number of nitriles is 1. The zero-order valence-electron chi connectivity index (χ0n) is 17.0. The van der Waals surface area contributed by atoms with Crippen molar-refractivity contribution in [2.45, 2.75) is 12.8 Å². The van der Waals surface area contributed by atoms with Gasteiger partial charge in [0, 0.05) is 18.1 Å². The van der Waals surface area contributed by atoms with Crippen LogP contribution in [0.25, 0.3) is 0 Å². The van der Waals surface area contributed by atoms with Gasteiger partial charge in [-0.1, -0.05) is 0 Å². The van der Waals surface area contributed by atoms with Crippen molar-refractivity contribution in [2.24, 2.45) is 0 Å². The standard InChI is InChI=1S/C21H23N3O6/c1-27-16-9-7-15(12-19(16)29-3)21(26)24-23-20(25)5-4-10-30-17-8-6-14(13-22)11-18(17)28-2/h6-9,11-12H,4-5,10H2,1-3H3,(H,23,25)(H,24,26). The summed E-state index contributed by atoms with van der Waals surface area (Å²) < 4.78 is 21.1. The molecule has 0 bridgehead atoms. The van der Waals surface area contributed by atoms with Crippen LogP contribution in [0, 0.1) is 11.3 Å². The second-order valence-corrected chi connectivity index (χ2v) is 6.00. The Hall–Kier alpha value is -3.93. The van der Waals surface area contributed by atoms with Crippen molar-refractivity contribution >= 4 is 11.8 Å². The van der Waals surface area contributed by atoms with Crippen LogP contribution in [0.3, 0.4) is 0 Å². The Labute approximate surface area is 174 Å². The van der Waals surface area contributed by atoms with E-state index in [1.54, 1.807) is 30.3 Å². The molecule has 2 aromatic carbocycles. The summed E-state index contributed by atoms with van der Waals surface area (Å²) in [6, 6.07) is 11.5. The van der Waals surface area contributed by atoms with Crippen LogP contribution in [-0.4, -0.2) is 39.8 Å². The number of rotatable bonds is 9. The lowest BCUT2D eigenvalue weighted by atomic mass is 10.2. The van der Waals surface area contributed by atoms with E-state index in [0.717, 1.165) is 0 Å². The van der Waals surface area contributed by atoms with E-state index in [0.29, 0.717) is 40.5 Å². The van der Waals surface area contributed by atoms with E-state index < -0.39 is 5.91 Å². The molecule has 2 amide bonds. The van der Waals surface area contributed by atoms with Crippen molar-refractivity contribution in [3.05, 3.63) is 47.5 Å². The van der Waals surface area contributed by atoms with Crippen molar-refractivity contribution in [3.8, 4) is 29.1 Å². The number of carbonyl (C=O) groups is 2. The van der Waals surface area contributed by atoms with E-state index in [4.69, 9.17) is 24.2 Å². The van der Waals surface area contributed by atoms with Gasteiger partial charge in [0.2, 0.25) is 5.91 Å². The number of benzene rings is 2. The Morgan fingerprint density at radius 1 is 0.900 bits per heavy atom. The first kappa shape index (κ1) is 22.4. The molecule has 0 aliphatic rings. The van der Waals surface area contributed by atoms with E-state index in [2.05, 4.69) is 10.9 Å². The number of methoxy groups -OCH3 is 3. The highest BCUT2D eigenvalue weighted by molar-refractivity contribution is 5.96. The lowest BCUT2D eigenvalue weighted by molar-refractivity contribution is -0.122. The van der Waals surface area contributed by atoms with Gasteiger partial charge in [0.1, 0.15) is 0 Å². The fraction of sp³-hybridized carbons (Fsp3) is 0.286. The molecule has 0 fully saturated rings. The summed E-state index contributed by atoms with van der Waals surface area (Å²) in [7, 11) is 4.45. The maximum atomic E-state index is 12.2. The molecule has 2 aromatic rings. The van der Waals surface area contributed by atoms with Crippen molar-refractivity contribution in [3.63, 3.8) is 0 Å². The van der Waals surface area contributed by atoms with E-state index in [1.165, 1.54) is 27.4 Å². The largest absolute Gasteiger partial charge is 0.493 e. The van der Waals surface area contributed by atoms with Gasteiger partial charge in [-0.15, -0.1) is 0 Å². The van der Waals surface area contributed by atoms with Crippen LogP contribution in [0.4, 0.5) is 0 Å². The summed E-state index contributed by atoms with van der Waals surface area (Å²) in [5.74, 6) is 0.991. The second-order valence-electron chi connectivity index (χ2n) is 6.00. The number of nitrogens with zero attached hydrogens (tertiary/aromatic N) is 1. The Kier molecular flexibility index (Phi) is 8.32. The van der Waals surface area contributed by atoms with Gasteiger partial charge < -0.3 is 18.9 Å². The molecule has 9 nitrogen and oxygen atoms in total. The molecule has 0 atom stereocenters. The monoisotopic (exact) mass is 413 g/mol. The van der Waals surface area contributed by atoms with E-state index in [1.807, 2.05) is 6.07 Å². The maximum absolute atomic E-state index is 12.2. The predicted octanol–water partition coefficient (Wildman–Crippen LogP) is 2.20. The Balaban J connectivity index is 1.76. The average molecular weight is 413 g/mol. The normalized spacial score (nSPS) is 9.80. The second kappa shape index (κ2) is 11.2. The number of amides is 2. The van der Waals surface area contributed by atoms with Gasteiger partial charge in [-0.05, 0) is 36.8 Å². The zero-order valence-corrected chi connectivity index (χ0v) is 17.0. The molecule has 0 unspecified atom stereocenters. The van der Waals surface area contributed by atoms with Gasteiger partial charge in [-0.3, -0.25) is 20.4 Å². The van der Waals surface area contributed by atoms with E-state index in [9.17, 15) is 9.59 Å². The van der Waals surface area contributed by atoms with Gasteiger partial charge in [-0.2, -0.15) is 5.26 Å². The number of carbonyl (C=O) groups excluding carboxylic acids is 2. The molecule has 0 aliphatic carbocycles. The fourth-order valence-electron chi connectivity index (χ4n) is 2.51. The third-order valence-electron chi connectivity index (χ3n) is 4.06. The van der Waals surface area contributed by atoms with Crippen molar-refractivity contribution in [2.75, 3.05) is 27.9 Å². The molecule has 30 heavy (non-hydrogen) atoms. The first-order valence-electron chi connectivity index (χ1n) is 9.04. The number of hydrogen-bond donors (Lipinski definition) is 2. The van der Waals surface area contributed by atoms with Crippen LogP contribution in [0.1, 0.15) is 28.8 Å². The Morgan fingerprint density at radius 2 is 1.57 bits per heavy atom. The van der Waals surface area contributed by atoms with Crippen LogP contribution >= 0.6 is 0 Å². The summed E-state index contributed by atoms with van der Waals surface area (Å²) in [4.78, 5) is 24.1. The summed E-state index contributed by atoms with van der Waals surface area (Å²) >= 11 is 0. The minimum Gasteiger partial charge on any atom is -0.493 e. The SMILES string of the molecule is COc1ccc(C(=O)NNC(=O)CCCOc2ccc(C#N)cc2OC)cc1OC. The first-order valence-corrected chi connectivity index (χ1v) is 9.04. The van der Waals surface area contributed by atoms with Crippen molar-refractivity contribution < 1.29 is 28.5 Å². The smallest absolute Gasteiger partial charge is 0.269 e. The third-order valence-corrected chi connectivity index (χ3v) is 4.06. The lowest BCUT2D eigenvalue weighted by Crippen LogP contribution is -2.41. The minimum absolute atomic E-state index is 0.144. The minimum atomic E-state index is -0.483. The molecular weight excluding hydrogens is 390 g/mol. The fourth-order valence-corrected chi connectivity index (χ4v) is 2.51. The molecule has 0 radical (unpaired) electrons.